The first-order valence-corrected chi connectivity index (χ1v) is 19.6. The summed E-state index contributed by atoms with van der Waals surface area (Å²) in [4.78, 5) is 69.0. The second-order valence-electron chi connectivity index (χ2n) is 16.2. The number of hydrogen-bond donors (Lipinski definition) is 4. The number of nitrogens with two attached hydrogens (primary N) is 2. The van der Waals surface area contributed by atoms with Crippen molar-refractivity contribution in [2.45, 2.75) is 167 Å². The Hall–Kier alpha value is -5.92. The summed E-state index contributed by atoms with van der Waals surface area (Å²) in [5.74, 6) is -0.687. The van der Waals surface area contributed by atoms with Gasteiger partial charge in [-0.1, -0.05) is 35.2 Å². The molecule has 0 aromatic carbocycles. The van der Waals surface area contributed by atoms with Crippen molar-refractivity contribution in [3.8, 4) is 6.07 Å². The highest BCUT2D eigenvalue weighted by Gasteiger charge is 2.41. The SMILES string of the molecule is C=CCNC(=O)C(C)(C)N=NC(C)(C)C(=O)NCC=C.CC(=O)C(C)(C)N=NC(C)(C)C(C)=O.NC(=O)N=NC(N)=O.[C-]#[N+]C1(N=NC2(C#N)CCCCC2)CCCCC1. The Kier molecular flexibility index (Phi) is 24.6. The number of nitriles is 1. The summed E-state index contributed by atoms with van der Waals surface area (Å²) in [6.07, 6.45) is 13.0. The molecule has 0 radical (unpaired) electrons. The van der Waals surface area contributed by atoms with Crippen LogP contribution in [0.1, 0.15) is 133 Å². The number of nitrogens with one attached hydrogen (secondary N) is 2. The summed E-state index contributed by atoms with van der Waals surface area (Å²) in [6, 6.07) is 0.259. The summed E-state index contributed by atoms with van der Waals surface area (Å²) in [7, 11) is 0. The molecule has 0 aromatic heterocycles. The monoisotopic (exact) mass is 839 g/mol. The van der Waals surface area contributed by atoms with Gasteiger partial charge in [-0.15, -0.1) is 18.3 Å². The molecule has 6 N–H and O–H groups in total. The predicted molar refractivity (Wildman–Crippen MR) is 227 cm³/mol. The zero-order valence-electron chi connectivity index (χ0n) is 37.1. The maximum Gasteiger partial charge on any atom is 0.357 e. The van der Waals surface area contributed by atoms with E-state index in [1.165, 1.54) is 26.7 Å². The van der Waals surface area contributed by atoms with E-state index in [0.29, 0.717) is 13.1 Å². The van der Waals surface area contributed by atoms with E-state index >= 15 is 0 Å². The molecule has 2 aliphatic rings. The molecule has 0 aromatic rings. The van der Waals surface area contributed by atoms with Crippen molar-refractivity contribution < 1.29 is 28.8 Å². The number of amides is 6. The van der Waals surface area contributed by atoms with Gasteiger partial charge in [-0.3, -0.25) is 24.0 Å². The molecule has 0 aliphatic heterocycles. The van der Waals surface area contributed by atoms with Crippen molar-refractivity contribution in [3.05, 3.63) is 36.7 Å². The van der Waals surface area contributed by atoms with Gasteiger partial charge in [0.1, 0.15) is 11.1 Å². The molecule has 0 saturated heterocycles. The van der Waals surface area contributed by atoms with Crippen molar-refractivity contribution in [2.75, 3.05) is 13.1 Å². The van der Waals surface area contributed by atoms with Gasteiger partial charge in [0.25, 0.3) is 0 Å². The minimum atomic E-state index is -1.04. The van der Waals surface area contributed by atoms with E-state index in [2.05, 4.69) is 87.1 Å². The number of hydrogen-bond acceptors (Lipinski definition) is 13. The summed E-state index contributed by atoms with van der Waals surface area (Å²) < 4.78 is 0. The van der Waals surface area contributed by atoms with Gasteiger partial charge in [0, 0.05) is 25.9 Å². The highest BCUT2D eigenvalue weighted by Crippen LogP contribution is 2.37. The number of carbonyl (C=O) groups is 6. The Morgan fingerprint density at radius 2 is 0.983 bits per heavy atom. The van der Waals surface area contributed by atoms with E-state index in [4.69, 9.17) is 6.57 Å². The third-order valence-corrected chi connectivity index (χ3v) is 9.17. The van der Waals surface area contributed by atoms with E-state index in [0.717, 1.165) is 51.4 Å². The van der Waals surface area contributed by atoms with Crippen LogP contribution in [-0.2, 0) is 19.2 Å². The molecule has 60 heavy (non-hydrogen) atoms. The average molecular weight is 839 g/mol. The van der Waals surface area contributed by atoms with Crippen molar-refractivity contribution in [1.29, 1.82) is 5.26 Å². The fraction of sp³-hybridized carbons (Fsp3) is 0.700. The van der Waals surface area contributed by atoms with E-state index in [1.807, 2.05) is 0 Å². The Balaban J connectivity index is 0. The summed E-state index contributed by atoms with van der Waals surface area (Å²) in [6.45, 7) is 31.3. The van der Waals surface area contributed by atoms with E-state index in [9.17, 15) is 34.0 Å². The van der Waals surface area contributed by atoms with Crippen molar-refractivity contribution >= 4 is 35.4 Å². The maximum atomic E-state index is 11.9. The Labute approximate surface area is 354 Å². The van der Waals surface area contributed by atoms with Crippen LogP contribution in [-0.4, -0.2) is 81.9 Å². The smallest absolute Gasteiger partial charge is 0.350 e. The molecule has 0 atom stereocenters. The minimum Gasteiger partial charge on any atom is -0.350 e. The average Bonchev–Trinajstić information content (AvgIpc) is 3.20. The number of nitrogens with zero attached hydrogens (tertiary/aromatic N) is 10. The van der Waals surface area contributed by atoms with Gasteiger partial charge >= 0.3 is 17.7 Å². The van der Waals surface area contributed by atoms with Gasteiger partial charge in [0.05, 0.1) is 6.07 Å². The van der Waals surface area contributed by atoms with E-state index in [-0.39, 0.29) is 23.4 Å². The maximum absolute atomic E-state index is 11.9. The van der Waals surface area contributed by atoms with Crippen LogP contribution < -0.4 is 22.1 Å². The first-order chi connectivity index (χ1) is 27.6. The number of rotatable bonds is 14. The van der Waals surface area contributed by atoms with Gasteiger partial charge in [-0.25, -0.2) is 16.2 Å². The lowest BCUT2D eigenvalue weighted by Crippen LogP contribution is -2.43. The second-order valence-corrected chi connectivity index (χ2v) is 16.2. The highest BCUT2D eigenvalue weighted by molar-refractivity contribution is 5.87. The van der Waals surface area contributed by atoms with Crippen molar-refractivity contribution in [2.24, 2.45) is 52.4 Å². The molecule has 6 amide bonds. The predicted octanol–water partition coefficient (Wildman–Crippen LogP) is 7.61. The van der Waals surface area contributed by atoms with Crippen LogP contribution in [0.2, 0.25) is 0 Å². The second kappa shape index (κ2) is 26.2. The summed E-state index contributed by atoms with van der Waals surface area (Å²) >= 11 is 0. The fourth-order valence-electron chi connectivity index (χ4n) is 4.50. The van der Waals surface area contributed by atoms with Crippen molar-refractivity contribution in [3.63, 3.8) is 0 Å². The largest absolute Gasteiger partial charge is 0.357 e. The molecule has 332 valence electrons. The molecule has 0 unspecified atom stereocenters. The summed E-state index contributed by atoms with van der Waals surface area (Å²) in [5.41, 5.74) is 3.82. The van der Waals surface area contributed by atoms with Gasteiger partial charge in [0.15, 0.2) is 28.2 Å². The fourth-order valence-corrected chi connectivity index (χ4v) is 4.50. The minimum absolute atomic E-state index is 0.0689. The molecule has 20 heteroatoms. The van der Waals surface area contributed by atoms with Crippen LogP contribution in [0.4, 0.5) is 9.59 Å². The number of azo groups is 4. The lowest BCUT2D eigenvalue weighted by molar-refractivity contribution is -0.127. The third-order valence-electron chi connectivity index (χ3n) is 9.17. The number of carbonyl (C=O) groups excluding carboxylic acids is 6. The summed E-state index contributed by atoms with van der Waals surface area (Å²) in [5, 5.41) is 44.4. The molecule has 0 bridgehead atoms. The normalized spacial score (nSPS) is 16.3. The van der Waals surface area contributed by atoms with Gasteiger partial charge in [-0.05, 0) is 108 Å². The van der Waals surface area contributed by atoms with Crippen molar-refractivity contribution in [1.82, 2.24) is 10.6 Å². The van der Waals surface area contributed by atoms with Gasteiger partial charge < -0.3 is 22.1 Å². The lowest BCUT2D eigenvalue weighted by Gasteiger charge is -2.27. The molecule has 2 rings (SSSR count). The topological polar surface area (TPSA) is 306 Å². The number of primary amides is 2. The Morgan fingerprint density at radius 3 is 1.27 bits per heavy atom. The van der Waals surface area contributed by atoms with E-state index < -0.39 is 45.4 Å². The van der Waals surface area contributed by atoms with Crippen LogP contribution in [0.3, 0.4) is 0 Å². The Bertz CT molecular complexity index is 1580. The highest BCUT2D eigenvalue weighted by atomic mass is 16.2. The van der Waals surface area contributed by atoms with Gasteiger partial charge in [-0.2, -0.15) is 30.8 Å². The van der Waals surface area contributed by atoms with Gasteiger partial charge in [0.2, 0.25) is 11.8 Å². The quantitative estimate of drug-likeness (QED) is 0.0769. The molecule has 0 spiro atoms. The molecular weight excluding hydrogens is 773 g/mol. The first-order valence-electron chi connectivity index (χ1n) is 19.6. The zero-order chi connectivity index (χ0) is 46.8. The van der Waals surface area contributed by atoms with E-state index in [1.54, 1.807) is 67.5 Å². The van der Waals surface area contributed by atoms with Crippen LogP contribution >= 0.6 is 0 Å². The molecular formula is C40H66N14O6. The third kappa shape index (κ3) is 22.3. The van der Waals surface area contributed by atoms with Crippen LogP contribution in [0.25, 0.3) is 4.85 Å². The zero-order valence-corrected chi connectivity index (χ0v) is 37.1. The molecule has 2 saturated carbocycles. The number of Topliss-reactive ketones (excluding diaryl/α,β-unsaturated/α-hetero) is 2. The Morgan fingerprint density at radius 1 is 0.650 bits per heavy atom. The standard InChI is InChI=1S/C14H24N4O2.C14H20N4.C10H18N2O2.C2H4N4O2/c1-7-9-15-11(19)13(3,4)17-18-14(5,6)12(20)16-10-8-2;1-16-14(10-6-3-7-11-14)18-17-13(12-15)8-4-2-5-9-13;1-7(13)9(3,4)11-12-10(5,6)8(2)14;3-1(7)5-6-2(4)8/h7-8H,1-2,9-10H2,3-6H3,(H,15,19)(H,16,20);2-11H2;1-6H3;(H2,3,7)(H2,4,8). The molecule has 20 nitrogen and oxygen atoms in total. The first kappa shape index (κ1) is 56.2. The van der Waals surface area contributed by atoms with Crippen LogP contribution in [0, 0.1) is 17.9 Å². The number of ketones is 2. The van der Waals surface area contributed by atoms with Crippen LogP contribution in [0.5, 0.6) is 0 Å². The lowest BCUT2D eigenvalue weighted by atomic mass is 9.84. The molecule has 2 fully saturated rings. The molecule has 2 aliphatic carbocycles. The molecule has 0 heterocycles. The number of urea groups is 2. The van der Waals surface area contributed by atoms with Crippen LogP contribution in [0.15, 0.2) is 66.2 Å².